The van der Waals surface area contributed by atoms with E-state index >= 15 is 0 Å². The van der Waals surface area contributed by atoms with Crippen molar-refractivity contribution in [3.63, 3.8) is 0 Å². The largest absolute Gasteiger partial charge is 0.356 e. The van der Waals surface area contributed by atoms with E-state index in [9.17, 15) is 4.79 Å². The molecule has 0 spiro atoms. The van der Waals surface area contributed by atoms with E-state index < -0.39 is 0 Å². The zero-order valence-corrected chi connectivity index (χ0v) is 18.4. The molecule has 1 N–H and O–H groups in total. The van der Waals surface area contributed by atoms with Crippen LogP contribution in [0.4, 0.5) is 0 Å². The van der Waals surface area contributed by atoms with Crippen LogP contribution in [0, 0.1) is 0 Å². The first kappa shape index (κ1) is 25.8. The quantitative estimate of drug-likeness (QED) is 0.201. The Morgan fingerprint density at radius 2 is 1.33 bits per heavy atom. The molecule has 0 aromatic heterocycles. The number of rotatable bonds is 18. The molecule has 0 aliphatic carbocycles. The minimum atomic E-state index is 0.187. The van der Waals surface area contributed by atoms with E-state index in [0.717, 1.165) is 50.8 Å². The Kier molecular flexibility index (Phi) is 21.8. The number of thioether (sulfide) groups is 1. The first-order valence-electron chi connectivity index (χ1n) is 10.7. The van der Waals surface area contributed by atoms with E-state index in [4.69, 9.17) is 0 Å². The lowest BCUT2D eigenvalue weighted by Crippen LogP contribution is -2.24. The van der Waals surface area contributed by atoms with Crippen LogP contribution in [-0.4, -0.2) is 24.5 Å². The predicted molar refractivity (Wildman–Crippen MR) is 124 cm³/mol. The van der Waals surface area contributed by atoms with Crippen LogP contribution in [0.3, 0.4) is 0 Å². The van der Waals surface area contributed by atoms with Crippen LogP contribution < -0.4 is 5.32 Å². The maximum Gasteiger partial charge on any atom is 0.220 e. The molecular formula is C24H41NOS. The number of carbonyl (C=O) groups is 1. The zero-order chi connectivity index (χ0) is 19.8. The maximum absolute atomic E-state index is 11.6. The molecule has 0 unspecified atom stereocenters. The SMILES string of the molecule is CCCCCC=CCC=CCC=CCC=CCCCC(=O)NCCCSC. The van der Waals surface area contributed by atoms with Gasteiger partial charge in [0.05, 0.1) is 0 Å². The molecule has 0 bridgehead atoms. The van der Waals surface area contributed by atoms with Gasteiger partial charge in [0, 0.05) is 13.0 Å². The maximum atomic E-state index is 11.6. The Labute approximate surface area is 172 Å². The Hall–Kier alpha value is -1.22. The number of allylic oxidation sites excluding steroid dienone is 8. The fraction of sp³-hybridized carbons (Fsp3) is 0.625. The highest BCUT2D eigenvalue weighted by atomic mass is 32.2. The van der Waals surface area contributed by atoms with Crippen molar-refractivity contribution in [2.75, 3.05) is 18.6 Å². The summed E-state index contributed by atoms with van der Waals surface area (Å²) in [6.45, 7) is 3.05. The molecule has 0 aliphatic heterocycles. The van der Waals surface area contributed by atoms with Crippen LogP contribution in [-0.2, 0) is 4.79 Å². The summed E-state index contributed by atoms with van der Waals surface area (Å²) in [4.78, 5) is 11.6. The molecule has 154 valence electrons. The van der Waals surface area contributed by atoms with E-state index in [1.54, 1.807) is 0 Å². The van der Waals surface area contributed by atoms with E-state index in [-0.39, 0.29) is 5.91 Å². The highest BCUT2D eigenvalue weighted by molar-refractivity contribution is 7.98. The normalized spacial score (nSPS) is 12.2. The van der Waals surface area contributed by atoms with Crippen LogP contribution in [0.2, 0.25) is 0 Å². The van der Waals surface area contributed by atoms with Gasteiger partial charge in [0.25, 0.3) is 0 Å². The second-order valence-electron chi connectivity index (χ2n) is 6.68. The van der Waals surface area contributed by atoms with Gasteiger partial charge >= 0.3 is 0 Å². The minimum absolute atomic E-state index is 0.187. The van der Waals surface area contributed by atoms with Gasteiger partial charge in [-0.2, -0.15) is 11.8 Å². The monoisotopic (exact) mass is 391 g/mol. The summed E-state index contributed by atoms with van der Waals surface area (Å²) in [6.07, 6.45) is 31.7. The fourth-order valence-electron chi connectivity index (χ4n) is 2.47. The Balaban J connectivity index is 3.44. The smallest absolute Gasteiger partial charge is 0.220 e. The Morgan fingerprint density at radius 1 is 0.778 bits per heavy atom. The van der Waals surface area contributed by atoms with Gasteiger partial charge in [0.1, 0.15) is 0 Å². The number of hydrogen-bond acceptors (Lipinski definition) is 2. The number of carbonyl (C=O) groups excluding carboxylic acids is 1. The molecule has 0 aromatic rings. The minimum Gasteiger partial charge on any atom is -0.356 e. The van der Waals surface area contributed by atoms with Crippen molar-refractivity contribution < 1.29 is 4.79 Å². The molecule has 27 heavy (non-hydrogen) atoms. The summed E-state index contributed by atoms with van der Waals surface area (Å²) in [7, 11) is 0. The van der Waals surface area contributed by atoms with Crippen molar-refractivity contribution in [2.24, 2.45) is 0 Å². The Morgan fingerprint density at radius 3 is 1.89 bits per heavy atom. The van der Waals surface area contributed by atoms with Gasteiger partial charge in [-0.05, 0) is 63.4 Å². The van der Waals surface area contributed by atoms with Gasteiger partial charge in [0.15, 0.2) is 0 Å². The van der Waals surface area contributed by atoms with Crippen molar-refractivity contribution in [1.82, 2.24) is 5.32 Å². The van der Waals surface area contributed by atoms with Crippen molar-refractivity contribution in [2.45, 2.75) is 77.6 Å². The lowest BCUT2D eigenvalue weighted by Gasteiger charge is -2.03. The van der Waals surface area contributed by atoms with Crippen molar-refractivity contribution in [1.29, 1.82) is 0 Å². The zero-order valence-electron chi connectivity index (χ0n) is 17.6. The van der Waals surface area contributed by atoms with Crippen LogP contribution in [0.25, 0.3) is 0 Å². The van der Waals surface area contributed by atoms with Crippen LogP contribution >= 0.6 is 11.8 Å². The first-order chi connectivity index (χ1) is 13.3. The molecule has 0 fully saturated rings. The second kappa shape index (κ2) is 22.8. The third-order valence-electron chi connectivity index (χ3n) is 4.08. The molecule has 0 radical (unpaired) electrons. The lowest BCUT2D eigenvalue weighted by atomic mass is 10.2. The van der Waals surface area contributed by atoms with Crippen LogP contribution in [0.15, 0.2) is 48.6 Å². The van der Waals surface area contributed by atoms with E-state index in [1.165, 1.54) is 25.7 Å². The number of nitrogens with one attached hydrogen (secondary N) is 1. The number of hydrogen-bond donors (Lipinski definition) is 1. The molecule has 0 aromatic carbocycles. The molecule has 0 heterocycles. The van der Waals surface area contributed by atoms with Crippen molar-refractivity contribution in [3.8, 4) is 0 Å². The number of amides is 1. The number of unbranched alkanes of at least 4 members (excludes halogenated alkanes) is 4. The van der Waals surface area contributed by atoms with E-state index in [1.807, 2.05) is 11.8 Å². The van der Waals surface area contributed by atoms with Gasteiger partial charge in [-0.3, -0.25) is 4.79 Å². The highest BCUT2D eigenvalue weighted by Gasteiger charge is 1.98. The Bertz CT molecular complexity index is 438. The highest BCUT2D eigenvalue weighted by Crippen LogP contribution is 2.01. The first-order valence-corrected chi connectivity index (χ1v) is 12.1. The lowest BCUT2D eigenvalue weighted by molar-refractivity contribution is -0.121. The summed E-state index contributed by atoms with van der Waals surface area (Å²) in [5.41, 5.74) is 0. The third-order valence-corrected chi connectivity index (χ3v) is 4.78. The standard InChI is InChI=1S/C24H41NOS/c1-3-4-5-6-7-8-9-10-11-12-13-14-15-16-17-18-19-21-24(26)25-22-20-23-27-2/h7-8,10-11,13-14,16-17H,3-6,9,12,15,18-23H2,1-2H3,(H,25,26). The van der Waals surface area contributed by atoms with Crippen molar-refractivity contribution >= 4 is 17.7 Å². The van der Waals surface area contributed by atoms with Crippen LogP contribution in [0.1, 0.15) is 77.6 Å². The van der Waals surface area contributed by atoms with Crippen molar-refractivity contribution in [3.05, 3.63) is 48.6 Å². The topological polar surface area (TPSA) is 29.1 Å². The summed E-state index contributed by atoms with van der Waals surface area (Å²) >= 11 is 1.82. The fourth-order valence-corrected chi connectivity index (χ4v) is 2.91. The van der Waals surface area contributed by atoms with Gasteiger partial charge in [-0.25, -0.2) is 0 Å². The van der Waals surface area contributed by atoms with Gasteiger partial charge in [0.2, 0.25) is 5.91 Å². The molecule has 0 saturated carbocycles. The summed E-state index contributed by atoms with van der Waals surface area (Å²) < 4.78 is 0. The second-order valence-corrected chi connectivity index (χ2v) is 7.66. The van der Waals surface area contributed by atoms with Gasteiger partial charge in [-0.15, -0.1) is 0 Å². The predicted octanol–water partition coefficient (Wildman–Crippen LogP) is 7.00. The summed E-state index contributed by atoms with van der Waals surface area (Å²) in [5.74, 6) is 1.30. The molecule has 0 atom stereocenters. The van der Waals surface area contributed by atoms with Gasteiger partial charge < -0.3 is 5.32 Å². The molecule has 0 saturated heterocycles. The van der Waals surface area contributed by atoms with Gasteiger partial charge in [-0.1, -0.05) is 68.4 Å². The molecule has 0 rings (SSSR count). The molecule has 1 amide bonds. The average Bonchev–Trinajstić information content (AvgIpc) is 2.67. The summed E-state index contributed by atoms with van der Waals surface area (Å²) in [6, 6.07) is 0. The van der Waals surface area contributed by atoms with Crippen LogP contribution in [0.5, 0.6) is 0 Å². The molecule has 0 aliphatic rings. The van der Waals surface area contributed by atoms with E-state index in [2.05, 4.69) is 67.1 Å². The molecule has 2 nitrogen and oxygen atoms in total. The third kappa shape index (κ3) is 22.7. The summed E-state index contributed by atoms with van der Waals surface area (Å²) in [5, 5.41) is 2.97. The average molecular weight is 392 g/mol. The molecule has 3 heteroatoms. The van der Waals surface area contributed by atoms with E-state index in [0.29, 0.717) is 6.42 Å². The molecular weight excluding hydrogens is 350 g/mol.